The molecule has 9 heteroatoms. The summed E-state index contributed by atoms with van der Waals surface area (Å²) in [6.07, 6.45) is -0.679. The number of hydrogen-bond donors (Lipinski definition) is 2. The number of carbonyl (C=O) groups excluding carboxylic acids is 2. The Morgan fingerprint density at radius 1 is 1.24 bits per heavy atom. The van der Waals surface area contributed by atoms with Gasteiger partial charge in [0.15, 0.2) is 0 Å². The van der Waals surface area contributed by atoms with Crippen LogP contribution in [-0.2, 0) is 15.8 Å². The van der Waals surface area contributed by atoms with Crippen molar-refractivity contribution in [2.24, 2.45) is 0 Å². The maximum absolute atomic E-state index is 13.0. The molecule has 1 aliphatic rings. The second-order valence-electron chi connectivity index (χ2n) is 7.43. The van der Waals surface area contributed by atoms with Crippen molar-refractivity contribution in [2.45, 2.75) is 56.8 Å². The minimum absolute atomic E-state index is 0.277. The Hall–Kier alpha value is -2.60. The van der Waals surface area contributed by atoms with Gasteiger partial charge in [-0.2, -0.15) is 18.4 Å². The first-order valence-electron chi connectivity index (χ1n) is 9.47. The van der Waals surface area contributed by atoms with Crippen molar-refractivity contribution in [1.29, 1.82) is 5.26 Å². The number of nitriles is 1. The Balaban J connectivity index is 1.97. The summed E-state index contributed by atoms with van der Waals surface area (Å²) in [6, 6.07) is 6.18. The van der Waals surface area contributed by atoms with Crippen LogP contribution in [0.15, 0.2) is 24.3 Å². The van der Waals surface area contributed by atoms with Gasteiger partial charge in [0.05, 0.1) is 29.9 Å². The monoisotopic (exact) mass is 410 g/mol. The fourth-order valence-electron chi connectivity index (χ4n) is 3.35. The topological polar surface area (TPSA) is 85.2 Å². The number of likely N-dealkylation sites (N-methyl/N-ethyl adjacent to an activating group) is 1. The third-order valence-electron chi connectivity index (χ3n) is 5.22. The fraction of sp³-hybridized carbons (Fsp3) is 0.550. The SMILES string of the molecule is CC(C(=O)NC1(C#N)CCCCC1)N(C)CC(=O)Nc1ccccc1C(F)(F)F. The summed E-state index contributed by atoms with van der Waals surface area (Å²) < 4.78 is 39.1. The van der Waals surface area contributed by atoms with Crippen LogP contribution in [0.1, 0.15) is 44.6 Å². The Bertz CT molecular complexity index is 783. The van der Waals surface area contributed by atoms with Gasteiger partial charge in [-0.25, -0.2) is 0 Å². The zero-order valence-corrected chi connectivity index (χ0v) is 16.5. The van der Waals surface area contributed by atoms with Gasteiger partial charge in [-0.15, -0.1) is 0 Å². The maximum Gasteiger partial charge on any atom is 0.418 e. The number of nitrogens with zero attached hydrogens (tertiary/aromatic N) is 2. The van der Waals surface area contributed by atoms with E-state index in [0.29, 0.717) is 12.8 Å². The van der Waals surface area contributed by atoms with Crippen LogP contribution in [0.4, 0.5) is 18.9 Å². The highest BCUT2D eigenvalue weighted by Crippen LogP contribution is 2.34. The Morgan fingerprint density at radius 2 is 1.86 bits per heavy atom. The molecule has 0 bridgehead atoms. The number of para-hydroxylation sites is 1. The predicted molar refractivity (Wildman–Crippen MR) is 102 cm³/mol. The molecule has 0 aliphatic heterocycles. The van der Waals surface area contributed by atoms with Gasteiger partial charge in [-0.3, -0.25) is 14.5 Å². The van der Waals surface area contributed by atoms with E-state index in [4.69, 9.17) is 0 Å². The molecule has 29 heavy (non-hydrogen) atoms. The van der Waals surface area contributed by atoms with Gasteiger partial charge >= 0.3 is 6.18 Å². The summed E-state index contributed by atoms with van der Waals surface area (Å²) in [5.41, 5.74) is -2.16. The van der Waals surface area contributed by atoms with Crippen molar-refractivity contribution >= 4 is 17.5 Å². The average molecular weight is 410 g/mol. The van der Waals surface area contributed by atoms with Gasteiger partial charge < -0.3 is 10.6 Å². The van der Waals surface area contributed by atoms with E-state index < -0.39 is 29.2 Å². The number of carbonyl (C=O) groups is 2. The molecule has 0 heterocycles. The Kier molecular flexibility index (Phi) is 7.25. The van der Waals surface area contributed by atoms with Gasteiger partial charge in [0.2, 0.25) is 11.8 Å². The summed E-state index contributed by atoms with van der Waals surface area (Å²) in [5.74, 6) is -1.06. The van der Waals surface area contributed by atoms with E-state index in [0.717, 1.165) is 25.3 Å². The molecular formula is C20H25F3N4O2. The smallest absolute Gasteiger partial charge is 0.336 e. The molecule has 2 N–H and O–H groups in total. The molecule has 0 spiro atoms. The molecule has 1 saturated carbocycles. The summed E-state index contributed by atoms with van der Waals surface area (Å²) in [5, 5.41) is 14.5. The number of hydrogen-bond acceptors (Lipinski definition) is 4. The number of rotatable bonds is 6. The van der Waals surface area contributed by atoms with Crippen molar-refractivity contribution in [3.8, 4) is 6.07 Å². The molecule has 1 fully saturated rings. The van der Waals surface area contributed by atoms with E-state index in [9.17, 15) is 28.0 Å². The van der Waals surface area contributed by atoms with Crippen molar-refractivity contribution in [1.82, 2.24) is 10.2 Å². The zero-order valence-electron chi connectivity index (χ0n) is 16.5. The molecule has 1 atom stereocenters. The fourth-order valence-corrected chi connectivity index (χ4v) is 3.35. The Morgan fingerprint density at radius 3 is 2.45 bits per heavy atom. The lowest BCUT2D eigenvalue weighted by Crippen LogP contribution is -2.55. The second-order valence-corrected chi connectivity index (χ2v) is 7.43. The molecule has 1 aromatic carbocycles. The van der Waals surface area contributed by atoms with E-state index in [-0.39, 0.29) is 18.1 Å². The van der Waals surface area contributed by atoms with Crippen LogP contribution in [-0.4, -0.2) is 41.9 Å². The molecule has 1 aromatic rings. The second kappa shape index (κ2) is 9.27. The summed E-state index contributed by atoms with van der Waals surface area (Å²) >= 11 is 0. The molecule has 0 saturated heterocycles. The number of anilines is 1. The van der Waals surface area contributed by atoms with Crippen LogP contribution in [0.25, 0.3) is 0 Å². The van der Waals surface area contributed by atoms with Gasteiger partial charge in [0.1, 0.15) is 5.54 Å². The standard InChI is InChI=1S/C20H25F3N4O2/c1-14(18(29)26-19(13-24)10-6-3-7-11-19)27(2)12-17(28)25-16-9-5-4-8-15(16)20(21,22)23/h4-5,8-9,14H,3,6-7,10-12H2,1-2H3,(H,25,28)(H,26,29). The van der Waals surface area contributed by atoms with E-state index >= 15 is 0 Å². The lowest BCUT2D eigenvalue weighted by Gasteiger charge is -2.34. The summed E-state index contributed by atoms with van der Waals surface area (Å²) in [4.78, 5) is 26.2. The Labute approximate surface area is 168 Å². The third kappa shape index (κ3) is 5.94. The highest BCUT2D eigenvalue weighted by Gasteiger charge is 2.36. The minimum atomic E-state index is -4.59. The van der Waals surface area contributed by atoms with Gasteiger partial charge in [0, 0.05) is 0 Å². The van der Waals surface area contributed by atoms with Crippen molar-refractivity contribution < 1.29 is 22.8 Å². The van der Waals surface area contributed by atoms with Gasteiger partial charge in [0.25, 0.3) is 0 Å². The molecular weight excluding hydrogens is 385 g/mol. The van der Waals surface area contributed by atoms with Crippen LogP contribution in [0.3, 0.4) is 0 Å². The summed E-state index contributed by atoms with van der Waals surface area (Å²) in [6.45, 7) is 1.31. The number of amides is 2. The number of nitrogens with one attached hydrogen (secondary N) is 2. The largest absolute Gasteiger partial charge is 0.418 e. The normalized spacial score (nSPS) is 17.3. The van der Waals surface area contributed by atoms with E-state index in [1.165, 1.54) is 30.1 Å². The number of alkyl halides is 3. The van der Waals surface area contributed by atoms with Crippen LogP contribution < -0.4 is 10.6 Å². The predicted octanol–water partition coefficient (Wildman–Crippen LogP) is 3.31. The van der Waals surface area contributed by atoms with Crippen LogP contribution in [0, 0.1) is 11.3 Å². The molecule has 0 radical (unpaired) electrons. The maximum atomic E-state index is 13.0. The molecule has 2 amide bonds. The average Bonchev–Trinajstić information content (AvgIpc) is 2.67. The van der Waals surface area contributed by atoms with Gasteiger partial charge in [-0.05, 0) is 38.9 Å². The van der Waals surface area contributed by atoms with Crippen molar-refractivity contribution in [3.63, 3.8) is 0 Å². The molecule has 1 unspecified atom stereocenters. The zero-order chi connectivity index (χ0) is 21.7. The van der Waals surface area contributed by atoms with E-state index in [1.807, 2.05) is 0 Å². The number of halogens is 3. The molecule has 158 valence electrons. The van der Waals surface area contributed by atoms with Crippen LogP contribution in [0.5, 0.6) is 0 Å². The van der Waals surface area contributed by atoms with Crippen LogP contribution >= 0.6 is 0 Å². The molecule has 6 nitrogen and oxygen atoms in total. The first-order valence-corrected chi connectivity index (χ1v) is 9.47. The lowest BCUT2D eigenvalue weighted by molar-refractivity contribution is -0.137. The third-order valence-corrected chi connectivity index (χ3v) is 5.22. The van der Waals surface area contributed by atoms with Crippen molar-refractivity contribution in [3.05, 3.63) is 29.8 Å². The minimum Gasteiger partial charge on any atom is -0.336 e. The highest BCUT2D eigenvalue weighted by molar-refractivity contribution is 5.93. The van der Waals surface area contributed by atoms with Crippen molar-refractivity contribution in [2.75, 3.05) is 18.9 Å². The van der Waals surface area contributed by atoms with Gasteiger partial charge in [-0.1, -0.05) is 31.4 Å². The van der Waals surface area contributed by atoms with Crippen LogP contribution in [0.2, 0.25) is 0 Å². The summed E-state index contributed by atoms with van der Waals surface area (Å²) in [7, 11) is 1.53. The number of benzene rings is 1. The first-order chi connectivity index (χ1) is 13.6. The first kappa shape index (κ1) is 22.7. The quantitative estimate of drug-likeness (QED) is 0.754. The molecule has 0 aromatic heterocycles. The lowest BCUT2D eigenvalue weighted by atomic mass is 9.82. The molecule has 1 aliphatic carbocycles. The molecule has 2 rings (SSSR count). The van der Waals surface area contributed by atoms with E-state index in [2.05, 4.69) is 16.7 Å². The van der Waals surface area contributed by atoms with E-state index in [1.54, 1.807) is 6.92 Å². The highest BCUT2D eigenvalue weighted by atomic mass is 19.4.